The topological polar surface area (TPSA) is 77.6 Å². The van der Waals surface area contributed by atoms with E-state index in [1.54, 1.807) is 0 Å². The lowest BCUT2D eigenvalue weighted by molar-refractivity contribution is 0.479. The Kier molecular flexibility index (Phi) is 3.39. The van der Waals surface area contributed by atoms with Gasteiger partial charge in [-0.25, -0.2) is 4.98 Å². The molecule has 2 aromatic heterocycles. The number of hydrogen-bond donors (Lipinski definition) is 3. The molecule has 0 radical (unpaired) electrons. The normalized spacial score (nSPS) is 12.0. The zero-order valence-electron chi connectivity index (χ0n) is 14.5. The highest BCUT2D eigenvalue weighted by Gasteiger charge is 2.19. The average Bonchev–Trinajstić information content (AvgIpc) is 3.17. The third-order valence-corrected chi connectivity index (χ3v) is 4.37. The zero-order valence-corrected chi connectivity index (χ0v) is 14.5. The van der Waals surface area contributed by atoms with Crippen LogP contribution >= 0.6 is 0 Å². The van der Waals surface area contributed by atoms with Gasteiger partial charge in [-0.05, 0) is 23.1 Å². The molecular weight excluding hydrogens is 312 g/mol. The highest BCUT2D eigenvalue weighted by Crippen LogP contribution is 2.35. The Balaban J connectivity index is 1.79. The first-order chi connectivity index (χ1) is 11.9. The maximum Gasteiger partial charge on any atom is 0.172 e. The Hall–Kier alpha value is -3.08. The first-order valence-electron chi connectivity index (χ1n) is 8.27. The van der Waals surface area contributed by atoms with E-state index in [2.05, 4.69) is 53.1 Å². The summed E-state index contributed by atoms with van der Waals surface area (Å²) in [6.45, 7) is 6.54. The second-order valence-corrected chi connectivity index (χ2v) is 7.23. The Morgan fingerprint density at radius 2 is 1.76 bits per heavy atom. The van der Waals surface area contributed by atoms with Crippen LogP contribution in [0.1, 0.15) is 26.3 Å². The molecule has 3 N–H and O–H groups in total. The molecule has 4 aromatic rings. The van der Waals surface area contributed by atoms with Gasteiger partial charge in [0.2, 0.25) is 0 Å². The van der Waals surface area contributed by atoms with Crippen LogP contribution in [-0.4, -0.2) is 25.3 Å². The van der Waals surface area contributed by atoms with Crippen LogP contribution in [0.15, 0.2) is 48.5 Å². The summed E-state index contributed by atoms with van der Waals surface area (Å²) in [5.74, 6) is 0.676. The number of benzene rings is 2. The molecule has 0 unspecified atom stereocenters. The summed E-state index contributed by atoms with van der Waals surface area (Å²) in [4.78, 5) is 7.87. The highest BCUT2D eigenvalue weighted by atomic mass is 16.3. The van der Waals surface area contributed by atoms with Gasteiger partial charge < -0.3 is 10.1 Å². The molecule has 5 heteroatoms. The lowest BCUT2D eigenvalue weighted by atomic mass is 9.87. The van der Waals surface area contributed by atoms with Gasteiger partial charge in [0, 0.05) is 5.56 Å². The average molecular weight is 332 g/mol. The van der Waals surface area contributed by atoms with Gasteiger partial charge in [-0.1, -0.05) is 57.2 Å². The molecule has 0 atom stereocenters. The number of aromatic nitrogens is 4. The second-order valence-electron chi connectivity index (χ2n) is 7.23. The van der Waals surface area contributed by atoms with Gasteiger partial charge in [0.15, 0.2) is 11.6 Å². The van der Waals surface area contributed by atoms with Crippen LogP contribution in [0.5, 0.6) is 5.75 Å². The predicted molar refractivity (Wildman–Crippen MR) is 99.5 cm³/mol. The first-order valence-corrected chi connectivity index (χ1v) is 8.27. The molecule has 0 bridgehead atoms. The van der Waals surface area contributed by atoms with Crippen LogP contribution in [0.3, 0.4) is 0 Å². The van der Waals surface area contributed by atoms with Crippen molar-refractivity contribution in [3.05, 3.63) is 54.1 Å². The van der Waals surface area contributed by atoms with E-state index in [1.807, 2.05) is 36.4 Å². The predicted octanol–water partition coefficient (Wildman–Crippen LogP) is 4.62. The van der Waals surface area contributed by atoms with Crippen molar-refractivity contribution in [1.82, 2.24) is 20.2 Å². The lowest BCUT2D eigenvalue weighted by Crippen LogP contribution is -2.10. The Morgan fingerprint density at radius 1 is 1.00 bits per heavy atom. The van der Waals surface area contributed by atoms with Crippen LogP contribution in [0, 0.1) is 0 Å². The van der Waals surface area contributed by atoms with Crippen molar-refractivity contribution in [3.63, 3.8) is 0 Å². The molecule has 0 amide bonds. The quantitative estimate of drug-likeness (QED) is 0.501. The number of aromatic amines is 2. The SMILES string of the molecule is CC(C)(C)c1ccc2nc(-c3[nH]nc(-c4ccccc4)c3O)[nH]c2c1. The van der Waals surface area contributed by atoms with Crippen LogP contribution in [0.4, 0.5) is 0 Å². The van der Waals surface area contributed by atoms with Crippen molar-refractivity contribution in [1.29, 1.82) is 0 Å². The van der Waals surface area contributed by atoms with E-state index in [-0.39, 0.29) is 11.2 Å². The molecule has 0 aliphatic heterocycles. The number of H-pyrrole nitrogens is 2. The molecular formula is C20H20N4O. The summed E-state index contributed by atoms with van der Waals surface area (Å²) in [7, 11) is 0. The van der Waals surface area contributed by atoms with Gasteiger partial charge in [-0.3, -0.25) is 5.10 Å². The smallest absolute Gasteiger partial charge is 0.172 e. The number of nitrogens with one attached hydrogen (secondary N) is 2. The lowest BCUT2D eigenvalue weighted by Gasteiger charge is -2.18. The maximum atomic E-state index is 10.6. The van der Waals surface area contributed by atoms with Crippen molar-refractivity contribution in [3.8, 4) is 28.5 Å². The van der Waals surface area contributed by atoms with E-state index in [0.717, 1.165) is 16.6 Å². The molecule has 5 nitrogen and oxygen atoms in total. The van der Waals surface area contributed by atoms with Crippen LogP contribution in [0.2, 0.25) is 0 Å². The number of imidazole rings is 1. The summed E-state index contributed by atoms with van der Waals surface area (Å²) in [6, 6.07) is 15.8. The molecule has 0 fully saturated rings. The highest BCUT2D eigenvalue weighted by molar-refractivity contribution is 5.82. The van der Waals surface area contributed by atoms with Crippen molar-refractivity contribution < 1.29 is 5.11 Å². The fourth-order valence-corrected chi connectivity index (χ4v) is 2.89. The molecule has 0 aliphatic carbocycles. The second kappa shape index (κ2) is 5.48. The summed E-state index contributed by atoms with van der Waals surface area (Å²) >= 11 is 0. The van der Waals surface area contributed by atoms with E-state index in [9.17, 15) is 5.11 Å². The number of aromatic hydroxyl groups is 1. The minimum absolute atomic E-state index is 0.0655. The van der Waals surface area contributed by atoms with Crippen molar-refractivity contribution >= 4 is 11.0 Å². The minimum atomic E-state index is 0.0655. The number of hydrogen-bond acceptors (Lipinski definition) is 3. The molecule has 2 heterocycles. The largest absolute Gasteiger partial charge is 0.504 e. The first kappa shape index (κ1) is 15.4. The van der Waals surface area contributed by atoms with Crippen molar-refractivity contribution in [2.45, 2.75) is 26.2 Å². The summed E-state index contributed by atoms with van der Waals surface area (Å²) in [5, 5.41) is 17.7. The molecule has 4 rings (SSSR count). The fraction of sp³-hybridized carbons (Fsp3) is 0.200. The summed E-state index contributed by atoms with van der Waals surface area (Å²) < 4.78 is 0. The van der Waals surface area contributed by atoms with Gasteiger partial charge in [-0.2, -0.15) is 5.10 Å². The maximum absolute atomic E-state index is 10.6. The summed E-state index contributed by atoms with van der Waals surface area (Å²) in [5.41, 5.74) is 4.97. The standard InChI is InChI=1S/C20H20N4O/c1-20(2,3)13-9-10-14-15(11-13)22-19(21-14)17-18(25)16(23-24-17)12-7-5-4-6-8-12/h4-11,25H,1-3H3,(H,21,22)(H,23,24). The van der Waals surface area contributed by atoms with Gasteiger partial charge in [0.05, 0.1) is 11.0 Å². The molecule has 0 aliphatic rings. The third kappa shape index (κ3) is 2.67. The Bertz CT molecular complexity index is 1040. The molecule has 25 heavy (non-hydrogen) atoms. The van der Waals surface area contributed by atoms with E-state index < -0.39 is 0 Å². The van der Waals surface area contributed by atoms with Gasteiger partial charge in [-0.15, -0.1) is 0 Å². The van der Waals surface area contributed by atoms with Gasteiger partial charge >= 0.3 is 0 Å². The Labute approximate surface area is 145 Å². The molecule has 126 valence electrons. The van der Waals surface area contributed by atoms with E-state index in [1.165, 1.54) is 5.56 Å². The van der Waals surface area contributed by atoms with Crippen LogP contribution in [0.25, 0.3) is 33.8 Å². The molecule has 2 aromatic carbocycles. The molecule has 0 saturated heterocycles. The van der Waals surface area contributed by atoms with Crippen molar-refractivity contribution in [2.75, 3.05) is 0 Å². The van der Waals surface area contributed by atoms with E-state index >= 15 is 0 Å². The molecule has 0 spiro atoms. The van der Waals surface area contributed by atoms with E-state index in [0.29, 0.717) is 17.2 Å². The monoisotopic (exact) mass is 332 g/mol. The van der Waals surface area contributed by atoms with Crippen LogP contribution < -0.4 is 0 Å². The zero-order chi connectivity index (χ0) is 17.6. The Morgan fingerprint density at radius 3 is 2.48 bits per heavy atom. The van der Waals surface area contributed by atoms with Gasteiger partial charge in [0.25, 0.3) is 0 Å². The number of nitrogens with zero attached hydrogens (tertiary/aromatic N) is 2. The number of rotatable bonds is 2. The fourth-order valence-electron chi connectivity index (χ4n) is 2.89. The van der Waals surface area contributed by atoms with Crippen molar-refractivity contribution in [2.24, 2.45) is 0 Å². The van der Waals surface area contributed by atoms with Gasteiger partial charge in [0.1, 0.15) is 11.4 Å². The molecule has 0 saturated carbocycles. The number of fused-ring (bicyclic) bond motifs is 1. The third-order valence-electron chi connectivity index (χ3n) is 4.37. The summed E-state index contributed by atoms with van der Waals surface area (Å²) in [6.07, 6.45) is 0. The van der Waals surface area contributed by atoms with Crippen LogP contribution in [-0.2, 0) is 5.41 Å². The van der Waals surface area contributed by atoms with E-state index in [4.69, 9.17) is 0 Å². The minimum Gasteiger partial charge on any atom is -0.504 e.